The summed E-state index contributed by atoms with van der Waals surface area (Å²) in [4.78, 5) is 1.86. The number of hydrogen-bond donors (Lipinski definition) is 0. The zero-order valence-electron chi connectivity index (χ0n) is 26.3. The molecule has 0 N–H and O–H groups in total. The first-order valence-electron chi connectivity index (χ1n) is 14.4. The number of hydrogen-bond acceptors (Lipinski definition) is 9. The largest absolute Gasteiger partial charge is 0.748 e. The van der Waals surface area contributed by atoms with Gasteiger partial charge in [-0.1, -0.05) is 44.2 Å². The minimum absolute atomic E-state index is 0.0274. The molecule has 0 fully saturated rings. The van der Waals surface area contributed by atoms with Gasteiger partial charge in [0.1, 0.15) is 21.6 Å². The Balaban J connectivity index is 1.59. The maximum atomic E-state index is 11.5. The fourth-order valence-electron chi connectivity index (χ4n) is 5.94. The highest BCUT2D eigenvalue weighted by Gasteiger charge is 2.44. The van der Waals surface area contributed by atoms with Gasteiger partial charge in [-0.3, -0.25) is 0 Å². The van der Waals surface area contributed by atoms with Crippen molar-refractivity contribution in [1.29, 1.82) is 0 Å². The van der Waals surface area contributed by atoms with E-state index >= 15 is 0 Å². The molecule has 2 aromatic carbocycles. The van der Waals surface area contributed by atoms with Crippen molar-refractivity contribution in [2.45, 2.75) is 38.5 Å². The monoisotopic (exact) mass is 655 g/mol. The molecule has 0 aromatic heterocycles. The number of benzene rings is 2. The second-order valence-electron chi connectivity index (χ2n) is 11.9. The lowest BCUT2D eigenvalue weighted by atomic mass is 9.81. The third kappa shape index (κ3) is 7.58. The van der Waals surface area contributed by atoms with Gasteiger partial charge in [-0.05, 0) is 55.8 Å². The Morgan fingerprint density at radius 2 is 1.36 bits per heavy atom. The molecule has 0 saturated heterocycles. The number of allylic oxidation sites excluding steroid dienone is 8. The van der Waals surface area contributed by atoms with Crippen molar-refractivity contribution < 1.29 is 40.0 Å². The predicted molar refractivity (Wildman–Crippen MR) is 174 cm³/mol. The van der Waals surface area contributed by atoms with Crippen LogP contribution in [0.1, 0.15) is 38.8 Å². The summed E-state index contributed by atoms with van der Waals surface area (Å²) in [5.41, 5.74) is 4.31. The van der Waals surface area contributed by atoms with Crippen LogP contribution in [0.15, 0.2) is 84.6 Å². The second kappa shape index (κ2) is 13.0. The molecule has 2 aliphatic rings. The van der Waals surface area contributed by atoms with Crippen molar-refractivity contribution in [3.8, 4) is 11.5 Å². The molecule has 0 saturated carbocycles. The van der Waals surface area contributed by atoms with Crippen LogP contribution in [-0.4, -0.2) is 75.0 Å². The molecule has 2 aromatic rings. The topological polar surface area (TPSA) is 139 Å². The molecule has 0 amide bonds. The van der Waals surface area contributed by atoms with Crippen molar-refractivity contribution in [2.75, 3.05) is 43.7 Å². The van der Waals surface area contributed by atoms with Crippen LogP contribution in [0.4, 0.5) is 11.4 Å². The van der Waals surface area contributed by atoms with Gasteiger partial charge < -0.3 is 23.5 Å². The molecule has 2 aliphatic heterocycles. The summed E-state index contributed by atoms with van der Waals surface area (Å²) in [6.45, 7) is 8.19. The van der Waals surface area contributed by atoms with E-state index in [0.717, 1.165) is 33.9 Å². The van der Waals surface area contributed by atoms with Crippen LogP contribution in [0.2, 0.25) is 0 Å². The van der Waals surface area contributed by atoms with E-state index in [4.69, 9.17) is 9.47 Å². The van der Waals surface area contributed by atoms with Gasteiger partial charge in [-0.15, -0.1) is 0 Å². The SMILES string of the molecule is COc1ccc2c(c1)C(C)(C)C(/C=C/C=C/C=C/C=C1/N(CCS(=O)(=O)[O-])c3ccc(OC)cc3C1(C)C)=[N+]2CCS(=O)(=O)[O-]. The minimum atomic E-state index is -4.41. The average molecular weight is 656 g/mol. The molecule has 12 heteroatoms. The molecule has 10 nitrogen and oxygen atoms in total. The Hall–Kier alpha value is -3.71. The Bertz CT molecular complexity index is 1830. The summed E-state index contributed by atoms with van der Waals surface area (Å²) in [7, 11) is -5.65. The molecular formula is C33H39N2O8S2-. The highest BCUT2D eigenvalue weighted by Crippen LogP contribution is 2.49. The van der Waals surface area contributed by atoms with Crippen molar-refractivity contribution in [1.82, 2.24) is 0 Å². The van der Waals surface area contributed by atoms with Crippen LogP contribution in [0.5, 0.6) is 11.5 Å². The van der Waals surface area contributed by atoms with E-state index in [1.165, 1.54) is 0 Å². The van der Waals surface area contributed by atoms with Crippen molar-refractivity contribution in [3.05, 3.63) is 95.8 Å². The standard InChI is InChI=1S/C33H40N2O8S2/c1-32(2)26-22-24(42-5)14-16-28(26)34(18-20-44(36,37)38)30(32)12-10-8-7-9-11-13-31-33(3,4)27-23-25(43-6)15-17-29(27)35(31)19-21-45(39,40)41/h7-17,22-23H,18-21H2,1-6H3,(H-,36,37,38,39,40,41)/p-1. The summed E-state index contributed by atoms with van der Waals surface area (Å²) in [6.07, 6.45) is 13.0. The van der Waals surface area contributed by atoms with Crippen LogP contribution < -0.4 is 14.4 Å². The predicted octanol–water partition coefficient (Wildman–Crippen LogP) is 4.52. The number of anilines is 1. The zero-order valence-corrected chi connectivity index (χ0v) is 27.9. The molecule has 0 radical (unpaired) electrons. The molecule has 0 bridgehead atoms. The number of methoxy groups -OCH3 is 2. The lowest BCUT2D eigenvalue weighted by molar-refractivity contribution is -0.432. The number of fused-ring (bicyclic) bond motifs is 2. The number of nitrogens with zero attached hydrogens (tertiary/aromatic N) is 2. The second-order valence-corrected chi connectivity index (χ2v) is 15.0. The van der Waals surface area contributed by atoms with E-state index in [2.05, 4.69) is 0 Å². The third-order valence-corrected chi connectivity index (χ3v) is 9.65. The Labute approximate surface area is 266 Å². The Morgan fingerprint density at radius 3 is 1.98 bits per heavy atom. The molecule has 0 unspecified atom stereocenters. The van der Waals surface area contributed by atoms with Crippen LogP contribution in [0, 0.1) is 0 Å². The van der Waals surface area contributed by atoms with Crippen LogP contribution in [0.25, 0.3) is 0 Å². The zero-order chi connectivity index (χ0) is 33.2. The summed E-state index contributed by atoms with van der Waals surface area (Å²) < 4.78 is 81.4. The maximum Gasteiger partial charge on any atom is 0.210 e. The lowest BCUT2D eigenvalue weighted by Crippen LogP contribution is -2.30. The summed E-state index contributed by atoms with van der Waals surface area (Å²) in [6, 6.07) is 11.2. The highest BCUT2D eigenvalue weighted by atomic mass is 32.2. The van der Waals surface area contributed by atoms with E-state index in [1.54, 1.807) is 26.4 Å². The maximum absolute atomic E-state index is 11.5. The fourth-order valence-corrected chi connectivity index (χ4v) is 6.75. The van der Waals surface area contributed by atoms with Gasteiger partial charge >= 0.3 is 0 Å². The molecule has 0 spiro atoms. The van der Waals surface area contributed by atoms with Crippen LogP contribution in [-0.2, 0) is 31.1 Å². The molecule has 0 atom stereocenters. The molecule has 2 heterocycles. The molecule has 0 aliphatic carbocycles. The minimum Gasteiger partial charge on any atom is -0.748 e. The van der Waals surface area contributed by atoms with Crippen molar-refractivity contribution in [3.63, 3.8) is 0 Å². The van der Waals surface area contributed by atoms with E-state index in [-0.39, 0.29) is 13.1 Å². The number of rotatable bonds is 12. The lowest BCUT2D eigenvalue weighted by Gasteiger charge is -2.27. The van der Waals surface area contributed by atoms with Gasteiger partial charge in [0.15, 0.2) is 12.3 Å². The van der Waals surface area contributed by atoms with Crippen LogP contribution in [0.3, 0.4) is 0 Å². The fraction of sp³-hybridized carbons (Fsp3) is 0.364. The van der Waals surface area contributed by atoms with E-state index < -0.39 is 42.6 Å². The quantitative estimate of drug-likeness (QED) is 0.183. The summed E-state index contributed by atoms with van der Waals surface area (Å²) in [5, 5.41) is 0. The van der Waals surface area contributed by atoms with Crippen molar-refractivity contribution in [2.24, 2.45) is 0 Å². The first kappa shape index (κ1) is 34.2. The molecule has 242 valence electrons. The molecule has 4 rings (SSSR count). The van der Waals surface area contributed by atoms with Gasteiger partial charge in [0.25, 0.3) is 0 Å². The Kier molecular flexibility index (Phi) is 9.84. The van der Waals surface area contributed by atoms with Gasteiger partial charge in [0.2, 0.25) is 5.69 Å². The van der Waals surface area contributed by atoms with E-state index in [9.17, 15) is 25.9 Å². The normalized spacial score (nSPS) is 18.5. The van der Waals surface area contributed by atoms with E-state index in [1.807, 2.05) is 104 Å². The summed E-state index contributed by atoms with van der Waals surface area (Å²) in [5.74, 6) is 0.320. The van der Waals surface area contributed by atoms with Crippen molar-refractivity contribution >= 4 is 37.3 Å². The first-order chi connectivity index (χ1) is 21.0. The van der Waals surface area contributed by atoms with Gasteiger partial charge in [-0.25, -0.2) is 16.8 Å². The van der Waals surface area contributed by atoms with Gasteiger partial charge in [-0.2, -0.15) is 4.58 Å². The molecular weight excluding hydrogens is 617 g/mol. The Morgan fingerprint density at radius 1 is 0.778 bits per heavy atom. The first-order valence-corrected chi connectivity index (χ1v) is 17.5. The van der Waals surface area contributed by atoms with E-state index in [0.29, 0.717) is 11.5 Å². The smallest absolute Gasteiger partial charge is 0.210 e. The van der Waals surface area contributed by atoms with Crippen LogP contribution >= 0.6 is 0 Å². The summed E-state index contributed by atoms with van der Waals surface area (Å²) >= 11 is 0. The molecule has 45 heavy (non-hydrogen) atoms. The third-order valence-electron chi connectivity index (χ3n) is 8.28. The average Bonchev–Trinajstić information content (AvgIpc) is 3.31. The highest BCUT2D eigenvalue weighted by molar-refractivity contribution is 7.85. The van der Waals surface area contributed by atoms with Gasteiger partial charge in [0, 0.05) is 41.1 Å². The number of ether oxygens (including phenoxy) is 2. The van der Waals surface area contributed by atoms with Gasteiger partial charge in [0.05, 0.1) is 41.3 Å².